The van der Waals surface area contributed by atoms with Gasteiger partial charge in [0, 0.05) is 0 Å². The van der Waals surface area contributed by atoms with Crippen molar-refractivity contribution in [2.45, 2.75) is 38.1 Å². The minimum Gasteiger partial charge on any atom is -0.480 e. The standard InChI is InChI=1S/C15H17Cl2NO3/c16-11-8-4-7-10(12(11)17)14(19)18-13(15(20)21)9-5-2-1-3-6-9/h4,7-9,13H,1-3,5-6H2,(H,18,19)(H,20,21). The SMILES string of the molecule is O=C(NC(C(=O)O)C1CCCCC1)c1cccc(Cl)c1Cl. The number of hydrogen-bond donors (Lipinski definition) is 2. The number of amides is 1. The monoisotopic (exact) mass is 329 g/mol. The van der Waals surface area contributed by atoms with Gasteiger partial charge in [-0.15, -0.1) is 0 Å². The van der Waals surface area contributed by atoms with Gasteiger partial charge in [0.15, 0.2) is 0 Å². The van der Waals surface area contributed by atoms with Gasteiger partial charge in [0.05, 0.1) is 15.6 Å². The molecule has 1 unspecified atom stereocenters. The van der Waals surface area contributed by atoms with E-state index >= 15 is 0 Å². The molecular weight excluding hydrogens is 313 g/mol. The molecule has 1 aromatic rings. The maximum Gasteiger partial charge on any atom is 0.326 e. The van der Waals surface area contributed by atoms with Crippen LogP contribution in [0.1, 0.15) is 42.5 Å². The van der Waals surface area contributed by atoms with E-state index in [9.17, 15) is 14.7 Å². The molecule has 1 fully saturated rings. The van der Waals surface area contributed by atoms with Crippen molar-refractivity contribution in [3.63, 3.8) is 0 Å². The largest absolute Gasteiger partial charge is 0.480 e. The first kappa shape index (κ1) is 16.1. The minimum atomic E-state index is -1.01. The zero-order valence-electron chi connectivity index (χ0n) is 11.4. The number of halogens is 2. The smallest absolute Gasteiger partial charge is 0.326 e. The van der Waals surface area contributed by atoms with Crippen LogP contribution in [0.5, 0.6) is 0 Å². The molecule has 1 amide bonds. The Kier molecular flexibility index (Phi) is 5.48. The molecule has 0 spiro atoms. The van der Waals surface area contributed by atoms with E-state index in [-0.39, 0.29) is 21.5 Å². The van der Waals surface area contributed by atoms with Gasteiger partial charge >= 0.3 is 5.97 Å². The zero-order valence-corrected chi connectivity index (χ0v) is 13.0. The lowest BCUT2D eigenvalue weighted by Gasteiger charge is -2.28. The molecule has 0 bridgehead atoms. The van der Waals surface area contributed by atoms with Crippen LogP contribution in [0.25, 0.3) is 0 Å². The molecular formula is C15H17Cl2NO3. The molecule has 2 rings (SSSR count). The minimum absolute atomic E-state index is 0.0295. The molecule has 1 atom stereocenters. The average Bonchev–Trinajstić information content (AvgIpc) is 2.48. The molecule has 0 aromatic heterocycles. The lowest BCUT2D eigenvalue weighted by molar-refractivity contribution is -0.141. The van der Waals surface area contributed by atoms with Crippen molar-refractivity contribution in [2.75, 3.05) is 0 Å². The summed E-state index contributed by atoms with van der Waals surface area (Å²) in [6.07, 6.45) is 4.77. The highest BCUT2D eigenvalue weighted by Gasteiger charge is 2.31. The maximum absolute atomic E-state index is 12.3. The number of aliphatic carboxylic acids is 1. The highest BCUT2D eigenvalue weighted by Crippen LogP contribution is 2.28. The van der Waals surface area contributed by atoms with Crippen LogP contribution in [-0.4, -0.2) is 23.0 Å². The predicted octanol–water partition coefficient (Wildman–Crippen LogP) is 3.76. The highest BCUT2D eigenvalue weighted by atomic mass is 35.5. The van der Waals surface area contributed by atoms with Gasteiger partial charge in [-0.05, 0) is 30.9 Å². The van der Waals surface area contributed by atoms with E-state index in [1.54, 1.807) is 12.1 Å². The molecule has 0 saturated heterocycles. The fourth-order valence-corrected chi connectivity index (χ4v) is 3.13. The summed E-state index contributed by atoms with van der Waals surface area (Å²) in [4.78, 5) is 23.7. The second-order valence-corrected chi connectivity index (χ2v) is 6.07. The van der Waals surface area contributed by atoms with E-state index in [0.717, 1.165) is 32.1 Å². The van der Waals surface area contributed by atoms with E-state index in [1.165, 1.54) is 6.07 Å². The topological polar surface area (TPSA) is 66.4 Å². The van der Waals surface area contributed by atoms with Gasteiger partial charge in [-0.25, -0.2) is 4.79 Å². The van der Waals surface area contributed by atoms with Crippen molar-refractivity contribution < 1.29 is 14.7 Å². The number of carboxylic acids is 1. The molecule has 1 saturated carbocycles. The van der Waals surface area contributed by atoms with Gasteiger partial charge in [-0.3, -0.25) is 4.79 Å². The number of nitrogens with one attached hydrogen (secondary N) is 1. The van der Waals surface area contributed by atoms with E-state index in [4.69, 9.17) is 23.2 Å². The number of carbonyl (C=O) groups excluding carboxylic acids is 1. The van der Waals surface area contributed by atoms with Crippen LogP contribution in [0.3, 0.4) is 0 Å². The summed E-state index contributed by atoms with van der Waals surface area (Å²) in [5, 5.41) is 12.4. The number of benzene rings is 1. The van der Waals surface area contributed by atoms with Gasteiger partial charge in [0.2, 0.25) is 0 Å². The fraction of sp³-hybridized carbons (Fsp3) is 0.467. The van der Waals surface area contributed by atoms with Crippen LogP contribution in [0, 0.1) is 5.92 Å². The first-order valence-electron chi connectivity index (χ1n) is 6.98. The molecule has 2 N–H and O–H groups in total. The van der Waals surface area contributed by atoms with Crippen molar-refractivity contribution in [1.29, 1.82) is 0 Å². The quantitative estimate of drug-likeness (QED) is 0.883. The zero-order chi connectivity index (χ0) is 15.4. The van der Waals surface area contributed by atoms with E-state index < -0.39 is 17.9 Å². The summed E-state index contributed by atoms with van der Waals surface area (Å²) in [5.41, 5.74) is 0.200. The number of rotatable bonds is 4. The Hall–Kier alpha value is -1.26. The molecule has 6 heteroatoms. The molecule has 1 aliphatic rings. The third kappa shape index (κ3) is 3.89. The second-order valence-electron chi connectivity index (χ2n) is 5.29. The summed E-state index contributed by atoms with van der Waals surface area (Å²) < 4.78 is 0. The summed E-state index contributed by atoms with van der Waals surface area (Å²) in [6, 6.07) is 3.84. The van der Waals surface area contributed by atoms with Gasteiger partial charge in [0.1, 0.15) is 6.04 Å². The fourth-order valence-electron chi connectivity index (χ4n) is 2.75. The van der Waals surface area contributed by atoms with E-state index in [0.29, 0.717) is 0 Å². The summed E-state index contributed by atoms with van der Waals surface area (Å²) >= 11 is 11.9. The Morgan fingerprint density at radius 1 is 1.19 bits per heavy atom. The van der Waals surface area contributed by atoms with Crippen molar-refractivity contribution >= 4 is 35.1 Å². The van der Waals surface area contributed by atoms with Gasteiger partial charge < -0.3 is 10.4 Å². The lowest BCUT2D eigenvalue weighted by Crippen LogP contribution is -2.46. The molecule has 114 valence electrons. The van der Waals surface area contributed by atoms with Crippen LogP contribution in [0.4, 0.5) is 0 Å². The normalized spacial score (nSPS) is 17.2. The Morgan fingerprint density at radius 3 is 2.48 bits per heavy atom. The van der Waals surface area contributed by atoms with Crippen LogP contribution in [0.15, 0.2) is 18.2 Å². The van der Waals surface area contributed by atoms with E-state index in [1.807, 2.05) is 0 Å². The van der Waals surface area contributed by atoms with Crippen molar-refractivity contribution in [2.24, 2.45) is 5.92 Å². The molecule has 0 radical (unpaired) electrons. The maximum atomic E-state index is 12.3. The van der Waals surface area contributed by atoms with Crippen LogP contribution >= 0.6 is 23.2 Å². The Morgan fingerprint density at radius 2 is 1.86 bits per heavy atom. The third-order valence-electron chi connectivity index (χ3n) is 3.87. The van der Waals surface area contributed by atoms with Crippen molar-refractivity contribution in [3.8, 4) is 0 Å². The van der Waals surface area contributed by atoms with Crippen LogP contribution < -0.4 is 5.32 Å². The number of carbonyl (C=O) groups is 2. The molecule has 1 aromatic carbocycles. The Balaban J connectivity index is 2.14. The van der Waals surface area contributed by atoms with Crippen LogP contribution in [-0.2, 0) is 4.79 Å². The Labute approximate surface area is 133 Å². The van der Waals surface area contributed by atoms with Crippen LogP contribution in [0.2, 0.25) is 10.0 Å². The lowest BCUT2D eigenvalue weighted by atomic mass is 9.84. The first-order chi connectivity index (χ1) is 10.0. The third-order valence-corrected chi connectivity index (χ3v) is 4.69. The summed E-state index contributed by atoms with van der Waals surface area (Å²) in [7, 11) is 0. The molecule has 1 aliphatic carbocycles. The predicted molar refractivity (Wildman–Crippen MR) is 81.9 cm³/mol. The second kappa shape index (κ2) is 7.14. The number of carboxylic acid groups (broad SMARTS) is 1. The first-order valence-corrected chi connectivity index (χ1v) is 7.74. The molecule has 21 heavy (non-hydrogen) atoms. The Bertz CT molecular complexity index is 542. The van der Waals surface area contributed by atoms with Gasteiger partial charge in [-0.1, -0.05) is 48.5 Å². The van der Waals surface area contributed by atoms with Gasteiger partial charge in [0.25, 0.3) is 5.91 Å². The summed E-state index contributed by atoms with van der Waals surface area (Å²) in [6.45, 7) is 0. The van der Waals surface area contributed by atoms with Crippen molar-refractivity contribution in [1.82, 2.24) is 5.32 Å². The molecule has 4 nitrogen and oxygen atoms in total. The average molecular weight is 330 g/mol. The summed E-state index contributed by atoms with van der Waals surface area (Å²) in [5.74, 6) is -1.54. The highest BCUT2D eigenvalue weighted by molar-refractivity contribution is 6.43. The number of hydrogen-bond acceptors (Lipinski definition) is 2. The van der Waals surface area contributed by atoms with E-state index in [2.05, 4.69) is 5.32 Å². The van der Waals surface area contributed by atoms with Gasteiger partial charge in [-0.2, -0.15) is 0 Å². The molecule has 0 aliphatic heterocycles. The molecule has 0 heterocycles. The van der Waals surface area contributed by atoms with Crippen molar-refractivity contribution in [3.05, 3.63) is 33.8 Å².